The van der Waals surface area contributed by atoms with Crippen molar-refractivity contribution in [3.05, 3.63) is 98.2 Å². The van der Waals surface area contributed by atoms with Crippen molar-refractivity contribution in [3.63, 3.8) is 0 Å². The first-order valence-electron chi connectivity index (χ1n) is 10.9. The largest absolute Gasteiger partial charge is 0.417 e. The maximum absolute atomic E-state index is 13.2. The predicted molar refractivity (Wildman–Crippen MR) is 145 cm³/mol. The second-order valence-electron chi connectivity index (χ2n) is 8.23. The normalized spacial score (nSPS) is 12.1. The molecule has 0 aliphatic rings. The van der Waals surface area contributed by atoms with Crippen molar-refractivity contribution >= 4 is 63.5 Å². The molecule has 0 saturated carbocycles. The SMILES string of the molecule is Cc1cc(C(C#N)c2ccc(Cl)cc2)c(Cl)cc1Nc1ncnc(Nc2ccc(Cl)c(C(F)(F)F)c2)c1N. The van der Waals surface area contributed by atoms with E-state index in [4.69, 9.17) is 40.5 Å². The van der Waals surface area contributed by atoms with Crippen molar-refractivity contribution in [1.29, 1.82) is 5.26 Å². The molecule has 6 nitrogen and oxygen atoms in total. The van der Waals surface area contributed by atoms with Gasteiger partial charge in [0.25, 0.3) is 0 Å². The molecule has 0 amide bonds. The molecule has 4 rings (SSSR count). The van der Waals surface area contributed by atoms with Crippen LogP contribution >= 0.6 is 34.8 Å². The summed E-state index contributed by atoms with van der Waals surface area (Å²) >= 11 is 18.2. The second-order valence-corrected chi connectivity index (χ2v) is 9.48. The minimum Gasteiger partial charge on any atom is -0.393 e. The number of nitrogens with zero attached hydrogens (tertiary/aromatic N) is 3. The Morgan fingerprint density at radius 3 is 2.21 bits per heavy atom. The summed E-state index contributed by atoms with van der Waals surface area (Å²) in [4.78, 5) is 8.20. The zero-order valence-electron chi connectivity index (χ0n) is 19.5. The number of hydrogen-bond donors (Lipinski definition) is 3. The molecule has 4 aromatic rings. The van der Waals surface area contributed by atoms with Crippen LogP contribution in [0.5, 0.6) is 0 Å². The Morgan fingerprint density at radius 2 is 1.58 bits per heavy atom. The fourth-order valence-corrected chi connectivity index (χ4v) is 4.34. The van der Waals surface area contributed by atoms with Gasteiger partial charge >= 0.3 is 6.18 Å². The maximum Gasteiger partial charge on any atom is 0.417 e. The number of nitrogens with one attached hydrogen (secondary N) is 2. The van der Waals surface area contributed by atoms with Crippen LogP contribution in [-0.4, -0.2) is 9.97 Å². The smallest absolute Gasteiger partial charge is 0.393 e. The van der Waals surface area contributed by atoms with Gasteiger partial charge in [-0.05, 0) is 60.0 Å². The number of nitrogen functional groups attached to an aromatic ring is 1. The van der Waals surface area contributed by atoms with Gasteiger partial charge in [0.05, 0.1) is 22.6 Å². The lowest BCUT2D eigenvalue weighted by Crippen LogP contribution is -2.08. The van der Waals surface area contributed by atoms with Gasteiger partial charge in [0, 0.05) is 21.4 Å². The van der Waals surface area contributed by atoms with Gasteiger partial charge in [0.2, 0.25) is 0 Å². The number of nitriles is 1. The van der Waals surface area contributed by atoms with Crippen molar-refractivity contribution in [3.8, 4) is 6.07 Å². The first kappa shape index (κ1) is 27.3. The number of nitrogens with two attached hydrogens (primary N) is 1. The van der Waals surface area contributed by atoms with Crippen molar-refractivity contribution in [2.75, 3.05) is 16.4 Å². The summed E-state index contributed by atoms with van der Waals surface area (Å²) in [6.45, 7) is 1.82. The first-order chi connectivity index (χ1) is 18.0. The highest BCUT2D eigenvalue weighted by Gasteiger charge is 2.33. The summed E-state index contributed by atoms with van der Waals surface area (Å²) in [6, 6.07) is 16.0. The van der Waals surface area contributed by atoms with Gasteiger partial charge in [0.15, 0.2) is 11.6 Å². The van der Waals surface area contributed by atoms with E-state index in [9.17, 15) is 18.4 Å². The van der Waals surface area contributed by atoms with E-state index in [1.54, 1.807) is 36.4 Å². The van der Waals surface area contributed by atoms with E-state index in [1.807, 2.05) is 6.92 Å². The van der Waals surface area contributed by atoms with Crippen LogP contribution in [0.1, 0.15) is 28.2 Å². The molecular formula is C26H18Cl3F3N6. The molecule has 0 aliphatic heterocycles. The fraction of sp³-hybridized carbons (Fsp3) is 0.115. The Bertz CT molecular complexity index is 1540. The van der Waals surface area contributed by atoms with Crippen LogP contribution in [0.15, 0.2) is 60.9 Å². The van der Waals surface area contributed by atoms with E-state index in [2.05, 4.69) is 26.7 Å². The number of aryl methyl sites for hydroxylation is 1. The van der Waals surface area contributed by atoms with Gasteiger partial charge in [-0.3, -0.25) is 0 Å². The molecule has 0 radical (unpaired) electrons. The van der Waals surface area contributed by atoms with Crippen LogP contribution in [0.4, 0.5) is 41.9 Å². The Hall–Kier alpha value is -3.71. The molecule has 12 heteroatoms. The number of benzene rings is 3. The van der Waals surface area contributed by atoms with Crippen LogP contribution in [-0.2, 0) is 6.18 Å². The van der Waals surface area contributed by atoms with Crippen LogP contribution in [0.25, 0.3) is 0 Å². The molecular weight excluding hydrogens is 560 g/mol. The number of hydrogen-bond acceptors (Lipinski definition) is 6. The maximum atomic E-state index is 13.2. The number of alkyl halides is 3. The zero-order valence-corrected chi connectivity index (χ0v) is 21.8. The minimum absolute atomic E-state index is 0.0617. The highest BCUT2D eigenvalue weighted by atomic mass is 35.5. The summed E-state index contributed by atoms with van der Waals surface area (Å²) in [7, 11) is 0. The molecule has 0 bridgehead atoms. The fourth-order valence-electron chi connectivity index (χ4n) is 3.72. The van der Waals surface area contributed by atoms with Gasteiger partial charge in [-0.15, -0.1) is 0 Å². The number of halogens is 6. The summed E-state index contributed by atoms with van der Waals surface area (Å²) in [5.41, 5.74) is 8.05. The Labute approximate surface area is 231 Å². The third-order valence-electron chi connectivity index (χ3n) is 5.66. The number of aromatic nitrogens is 2. The standard InChI is InChI=1S/C26H18Cl3F3N6/c1-13-8-17(18(11-33)14-2-4-15(27)5-3-14)21(29)10-22(13)38-25-23(34)24(35-12-36-25)37-16-6-7-20(28)19(9-16)26(30,31)32/h2-10,12,18H,34H2,1H3,(H2,35,36,37,38). The highest BCUT2D eigenvalue weighted by molar-refractivity contribution is 6.32. The van der Waals surface area contributed by atoms with E-state index in [0.717, 1.165) is 23.3 Å². The zero-order chi connectivity index (χ0) is 27.6. The molecule has 0 spiro atoms. The van der Waals surface area contributed by atoms with Crippen molar-refractivity contribution in [1.82, 2.24) is 9.97 Å². The predicted octanol–water partition coefficient (Wildman–Crippen LogP) is 8.49. The molecule has 3 aromatic carbocycles. The van der Waals surface area contributed by atoms with Gasteiger partial charge in [0.1, 0.15) is 12.0 Å². The van der Waals surface area contributed by atoms with Crippen LogP contribution in [0.2, 0.25) is 15.1 Å². The Balaban J connectivity index is 1.61. The molecule has 1 aromatic heterocycles. The Morgan fingerprint density at radius 1 is 0.921 bits per heavy atom. The van der Waals surface area contributed by atoms with E-state index in [0.29, 0.717) is 21.3 Å². The van der Waals surface area contributed by atoms with Gasteiger partial charge in [-0.2, -0.15) is 18.4 Å². The van der Waals surface area contributed by atoms with Gasteiger partial charge in [-0.1, -0.05) is 53.0 Å². The van der Waals surface area contributed by atoms with Crippen molar-refractivity contribution in [2.24, 2.45) is 0 Å². The van der Waals surface area contributed by atoms with Crippen molar-refractivity contribution in [2.45, 2.75) is 19.0 Å². The van der Waals surface area contributed by atoms with Gasteiger partial charge in [-0.25, -0.2) is 9.97 Å². The second kappa shape index (κ2) is 11.0. The summed E-state index contributed by atoms with van der Waals surface area (Å²) in [5.74, 6) is -0.326. The summed E-state index contributed by atoms with van der Waals surface area (Å²) in [6.07, 6.45) is -3.42. The third kappa shape index (κ3) is 5.89. The van der Waals surface area contributed by atoms with Crippen LogP contribution in [0.3, 0.4) is 0 Å². The van der Waals surface area contributed by atoms with Crippen LogP contribution in [0, 0.1) is 18.3 Å². The molecule has 0 saturated heterocycles. The topological polar surface area (TPSA) is 99.6 Å². The quantitative estimate of drug-likeness (QED) is 0.212. The van der Waals surface area contributed by atoms with E-state index in [-0.39, 0.29) is 23.0 Å². The molecule has 4 N–H and O–H groups in total. The molecule has 0 fully saturated rings. The van der Waals surface area contributed by atoms with E-state index >= 15 is 0 Å². The number of anilines is 5. The lowest BCUT2D eigenvalue weighted by Gasteiger charge is -2.18. The van der Waals surface area contributed by atoms with Crippen LogP contribution < -0.4 is 16.4 Å². The third-order valence-corrected chi connectivity index (χ3v) is 6.57. The van der Waals surface area contributed by atoms with Crippen molar-refractivity contribution < 1.29 is 13.2 Å². The molecule has 0 aliphatic carbocycles. The average molecular weight is 578 g/mol. The average Bonchev–Trinajstić information content (AvgIpc) is 2.86. The molecule has 1 atom stereocenters. The minimum atomic E-state index is -4.63. The molecule has 38 heavy (non-hydrogen) atoms. The monoisotopic (exact) mass is 576 g/mol. The lowest BCUT2D eigenvalue weighted by atomic mass is 9.91. The van der Waals surface area contributed by atoms with Gasteiger partial charge < -0.3 is 16.4 Å². The molecule has 1 unspecified atom stereocenters. The summed E-state index contributed by atoms with van der Waals surface area (Å²) < 4.78 is 39.7. The highest BCUT2D eigenvalue weighted by Crippen LogP contribution is 2.38. The first-order valence-corrected chi connectivity index (χ1v) is 12.1. The molecule has 1 heterocycles. The van der Waals surface area contributed by atoms with E-state index in [1.165, 1.54) is 12.4 Å². The summed E-state index contributed by atoms with van der Waals surface area (Å²) in [5, 5.41) is 16.1. The lowest BCUT2D eigenvalue weighted by molar-refractivity contribution is -0.137. The molecule has 194 valence electrons. The Kier molecular flexibility index (Phi) is 7.88. The number of rotatable bonds is 6. The van der Waals surface area contributed by atoms with E-state index < -0.39 is 22.7 Å².